The molecule has 2 heterocycles. The number of nitrogens with one attached hydrogen (secondary N) is 1. The Balaban J connectivity index is 1.70. The van der Waals surface area contributed by atoms with Gasteiger partial charge in [-0.1, -0.05) is 0 Å². The molecule has 1 aromatic carbocycles. The fourth-order valence-electron chi connectivity index (χ4n) is 2.55. The molecule has 0 amide bonds. The number of hydrogen-bond acceptors (Lipinski definition) is 5. The van der Waals surface area contributed by atoms with Crippen molar-refractivity contribution in [2.45, 2.75) is 19.4 Å². The van der Waals surface area contributed by atoms with E-state index in [1.54, 1.807) is 0 Å². The molecule has 2 aliphatic rings. The Morgan fingerprint density at radius 3 is 2.70 bits per heavy atom. The van der Waals surface area contributed by atoms with Crippen molar-refractivity contribution in [3.05, 3.63) is 17.7 Å². The van der Waals surface area contributed by atoms with Gasteiger partial charge in [0.2, 0.25) is 6.79 Å². The summed E-state index contributed by atoms with van der Waals surface area (Å²) in [5, 5.41) is 3.16. The molecule has 5 heteroatoms. The lowest BCUT2D eigenvalue weighted by molar-refractivity contribution is 0.0496. The first kappa shape index (κ1) is 13.5. The lowest BCUT2D eigenvalue weighted by Gasteiger charge is -2.23. The summed E-state index contributed by atoms with van der Waals surface area (Å²) in [6.45, 7) is 3.47. The van der Waals surface area contributed by atoms with Crippen molar-refractivity contribution in [3.8, 4) is 17.2 Å². The molecule has 0 radical (unpaired) electrons. The van der Waals surface area contributed by atoms with Crippen LogP contribution in [-0.4, -0.2) is 33.7 Å². The van der Waals surface area contributed by atoms with Crippen molar-refractivity contribution in [2.24, 2.45) is 5.92 Å². The van der Waals surface area contributed by atoms with Gasteiger partial charge >= 0.3 is 0 Å². The maximum atomic E-state index is 6.02. The fraction of sp³-hybridized carbons (Fsp3) is 0.600. The molecule has 5 nitrogen and oxygen atoms in total. The fourth-order valence-corrected chi connectivity index (χ4v) is 2.55. The van der Waals surface area contributed by atoms with E-state index in [1.165, 1.54) is 0 Å². The van der Waals surface area contributed by atoms with E-state index < -0.39 is 0 Å². The highest BCUT2D eigenvalue weighted by Crippen LogP contribution is 2.38. The highest BCUT2D eigenvalue weighted by molar-refractivity contribution is 5.51. The predicted octanol–water partition coefficient (Wildman–Crippen LogP) is 1.94. The molecule has 1 fully saturated rings. The molecule has 1 aromatic rings. The zero-order chi connectivity index (χ0) is 13.8. The van der Waals surface area contributed by atoms with Crippen LogP contribution in [0.15, 0.2) is 12.1 Å². The van der Waals surface area contributed by atoms with Gasteiger partial charge < -0.3 is 24.3 Å². The molecule has 0 bridgehead atoms. The first-order valence-electron chi connectivity index (χ1n) is 7.14. The van der Waals surface area contributed by atoms with E-state index in [-0.39, 0.29) is 6.79 Å². The largest absolute Gasteiger partial charge is 0.493 e. The Kier molecular flexibility index (Phi) is 4.28. The van der Waals surface area contributed by atoms with Gasteiger partial charge in [0.25, 0.3) is 0 Å². The Labute approximate surface area is 119 Å². The normalized spacial score (nSPS) is 18.2. The second kappa shape index (κ2) is 6.33. The zero-order valence-corrected chi connectivity index (χ0v) is 11.8. The lowest BCUT2D eigenvalue weighted by atomic mass is 10.0. The second-order valence-electron chi connectivity index (χ2n) is 5.21. The maximum absolute atomic E-state index is 6.02. The van der Waals surface area contributed by atoms with Crippen molar-refractivity contribution in [3.63, 3.8) is 0 Å². The molecule has 0 aromatic heterocycles. The van der Waals surface area contributed by atoms with Gasteiger partial charge in [-0.2, -0.15) is 0 Å². The predicted molar refractivity (Wildman–Crippen MR) is 74.4 cm³/mol. The molecule has 0 atom stereocenters. The minimum Gasteiger partial charge on any atom is -0.493 e. The van der Waals surface area contributed by atoms with Crippen LogP contribution in [0.5, 0.6) is 17.2 Å². The van der Waals surface area contributed by atoms with Crippen molar-refractivity contribution < 1.29 is 18.9 Å². The maximum Gasteiger partial charge on any atom is 0.231 e. The standard InChI is InChI=1S/C15H21NO4/c1-16-8-12-6-14-15(20-10-19-14)7-13(12)18-9-11-2-4-17-5-3-11/h6-7,11,16H,2-5,8-10H2,1H3. The highest BCUT2D eigenvalue weighted by atomic mass is 16.7. The molecule has 2 aliphatic heterocycles. The van der Waals surface area contributed by atoms with Gasteiger partial charge in [0.1, 0.15) is 5.75 Å². The van der Waals surface area contributed by atoms with Crippen molar-refractivity contribution in [2.75, 3.05) is 33.7 Å². The average Bonchev–Trinajstić information content (AvgIpc) is 2.93. The van der Waals surface area contributed by atoms with Gasteiger partial charge in [-0.05, 0) is 31.9 Å². The summed E-state index contributed by atoms with van der Waals surface area (Å²) in [7, 11) is 1.92. The minimum absolute atomic E-state index is 0.289. The van der Waals surface area contributed by atoms with E-state index in [1.807, 2.05) is 19.2 Å². The zero-order valence-electron chi connectivity index (χ0n) is 11.8. The molecule has 1 saturated heterocycles. The summed E-state index contributed by atoms with van der Waals surface area (Å²) in [4.78, 5) is 0. The summed E-state index contributed by atoms with van der Waals surface area (Å²) >= 11 is 0. The summed E-state index contributed by atoms with van der Waals surface area (Å²) in [5.74, 6) is 3.03. The topological polar surface area (TPSA) is 49.0 Å². The smallest absolute Gasteiger partial charge is 0.231 e. The summed E-state index contributed by atoms with van der Waals surface area (Å²) in [6.07, 6.45) is 2.15. The third kappa shape index (κ3) is 2.99. The van der Waals surface area contributed by atoms with E-state index in [4.69, 9.17) is 18.9 Å². The van der Waals surface area contributed by atoms with Crippen LogP contribution in [0, 0.1) is 5.92 Å². The molecule has 3 rings (SSSR count). The van der Waals surface area contributed by atoms with E-state index in [9.17, 15) is 0 Å². The van der Waals surface area contributed by atoms with E-state index in [2.05, 4.69) is 5.32 Å². The number of rotatable bonds is 5. The van der Waals surface area contributed by atoms with E-state index in [0.29, 0.717) is 5.92 Å². The molecule has 20 heavy (non-hydrogen) atoms. The number of ether oxygens (including phenoxy) is 4. The van der Waals surface area contributed by atoms with Gasteiger partial charge in [0.05, 0.1) is 6.61 Å². The summed E-state index contributed by atoms with van der Waals surface area (Å²) < 4.78 is 22.2. The quantitative estimate of drug-likeness (QED) is 0.892. The van der Waals surface area contributed by atoms with E-state index >= 15 is 0 Å². The molecular weight excluding hydrogens is 258 g/mol. The van der Waals surface area contributed by atoms with Gasteiger partial charge in [-0.3, -0.25) is 0 Å². The SMILES string of the molecule is CNCc1cc2c(cc1OCC1CCOCC1)OCO2. The van der Waals surface area contributed by atoms with Crippen LogP contribution in [0.3, 0.4) is 0 Å². The number of hydrogen-bond donors (Lipinski definition) is 1. The van der Waals surface area contributed by atoms with Crippen molar-refractivity contribution in [1.82, 2.24) is 5.32 Å². The molecule has 0 unspecified atom stereocenters. The molecular formula is C15H21NO4. The Morgan fingerprint density at radius 1 is 1.20 bits per heavy atom. The Bertz CT molecular complexity index is 457. The van der Waals surface area contributed by atoms with Crippen LogP contribution < -0.4 is 19.5 Å². The van der Waals surface area contributed by atoms with Crippen LogP contribution in [0.1, 0.15) is 18.4 Å². The third-order valence-electron chi connectivity index (χ3n) is 3.74. The Morgan fingerprint density at radius 2 is 1.95 bits per heavy atom. The monoisotopic (exact) mass is 279 g/mol. The second-order valence-corrected chi connectivity index (χ2v) is 5.21. The first-order chi connectivity index (χ1) is 9.86. The van der Waals surface area contributed by atoms with Crippen LogP contribution in [0.2, 0.25) is 0 Å². The molecule has 0 aliphatic carbocycles. The highest BCUT2D eigenvalue weighted by Gasteiger charge is 2.19. The average molecular weight is 279 g/mol. The van der Waals surface area contributed by atoms with Crippen molar-refractivity contribution in [1.29, 1.82) is 0 Å². The Hall–Kier alpha value is -1.46. The molecule has 0 spiro atoms. The molecule has 110 valence electrons. The summed E-state index contributed by atoms with van der Waals surface area (Å²) in [5.41, 5.74) is 1.10. The molecule has 0 saturated carbocycles. The minimum atomic E-state index is 0.289. The number of fused-ring (bicyclic) bond motifs is 1. The van der Waals surface area contributed by atoms with Crippen LogP contribution in [-0.2, 0) is 11.3 Å². The van der Waals surface area contributed by atoms with E-state index in [0.717, 1.165) is 62.0 Å². The van der Waals surface area contributed by atoms with Crippen LogP contribution >= 0.6 is 0 Å². The molecule has 1 N–H and O–H groups in total. The first-order valence-corrected chi connectivity index (χ1v) is 7.14. The van der Waals surface area contributed by atoms with Crippen LogP contribution in [0.25, 0.3) is 0 Å². The lowest BCUT2D eigenvalue weighted by Crippen LogP contribution is -2.22. The van der Waals surface area contributed by atoms with Gasteiger partial charge in [0, 0.05) is 31.4 Å². The van der Waals surface area contributed by atoms with Gasteiger partial charge in [-0.25, -0.2) is 0 Å². The number of benzene rings is 1. The third-order valence-corrected chi connectivity index (χ3v) is 3.74. The summed E-state index contributed by atoms with van der Waals surface area (Å²) in [6, 6.07) is 3.94. The van der Waals surface area contributed by atoms with Crippen LogP contribution in [0.4, 0.5) is 0 Å². The van der Waals surface area contributed by atoms with Crippen molar-refractivity contribution >= 4 is 0 Å². The van der Waals surface area contributed by atoms with Gasteiger partial charge in [-0.15, -0.1) is 0 Å². The van der Waals surface area contributed by atoms with Gasteiger partial charge in [0.15, 0.2) is 11.5 Å².